The van der Waals surface area contributed by atoms with E-state index >= 15 is 0 Å². The van der Waals surface area contributed by atoms with Gasteiger partial charge in [0.05, 0.1) is 12.6 Å². The molecule has 2 aromatic carbocycles. The van der Waals surface area contributed by atoms with Crippen molar-refractivity contribution >= 4 is 6.03 Å². The van der Waals surface area contributed by atoms with Crippen molar-refractivity contribution in [3.05, 3.63) is 77.9 Å². The lowest BCUT2D eigenvalue weighted by Crippen LogP contribution is -2.34. The summed E-state index contributed by atoms with van der Waals surface area (Å²) in [5.74, 6) is 0.790. The number of rotatable bonds is 8. The molecule has 0 aliphatic heterocycles. The first-order valence-corrected chi connectivity index (χ1v) is 9.26. The zero-order chi connectivity index (χ0) is 19.8. The maximum atomic E-state index is 12.2. The number of aromatic nitrogens is 3. The van der Waals surface area contributed by atoms with Crippen LogP contribution in [0.25, 0.3) is 0 Å². The van der Waals surface area contributed by atoms with E-state index in [-0.39, 0.29) is 12.1 Å². The first-order chi connectivity index (χ1) is 13.6. The van der Waals surface area contributed by atoms with Gasteiger partial charge in [-0.05, 0) is 31.0 Å². The minimum Gasteiger partial charge on any atom is -0.491 e. The van der Waals surface area contributed by atoms with Gasteiger partial charge >= 0.3 is 6.03 Å². The Hall–Kier alpha value is -3.35. The summed E-state index contributed by atoms with van der Waals surface area (Å²) in [6.07, 6.45) is 3.28. The molecule has 0 fully saturated rings. The van der Waals surface area contributed by atoms with E-state index in [1.807, 2.05) is 62.4 Å². The molecule has 0 radical (unpaired) electrons. The molecule has 0 atom stereocenters. The van der Waals surface area contributed by atoms with E-state index in [1.54, 1.807) is 11.0 Å². The van der Waals surface area contributed by atoms with Gasteiger partial charge in [0, 0.05) is 18.7 Å². The zero-order valence-corrected chi connectivity index (χ0v) is 16.1. The van der Waals surface area contributed by atoms with Crippen molar-refractivity contribution in [3.8, 4) is 5.75 Å². The molecule has 2 N–H and O–H groups in total. The molecule has 7 heteroatoms. The molecule has 1 aromatic heterocycles. The smallest absolute Gasteiger partial charge is 0.315 e. The van der Waals surface area contributed by atoms with Crippen LogP contribution in [0.3, 0.4) is 0 Å². The van der Waals surface area contributed by atoms with Crippen molar-refractivity contribution in [1.29, 1.82) is 0 Å². The first-order valence-electron chi connectivity index (χ1n) is 9.26. The standard InChI is InChI=1S/C21H25N5O2/c1-16(2)28-20-9-4-3-8-19(20)12-24-21(27)23-11-17-6-5-7-18(10-17)13-26-15-22-14-25-26/h3-10,14-16H,11-13H2,1-2H3,(H2,23,24,27). The summed E-state index contributed by atoms with van der Waals surface area (Å²) in [6.45, 7) is 5.46. The lowest BCUT2D eigenvalue weighted by molar-refractivity contribution is 0.235. The third kappa shape index (κ3) is 5.84. The van der Waals surface area contributed by atoms with E-state index in [2.05, 4.69) is 20.7 Å². The van der Waals surface area contributed by atoms with Crippen LogP contribution in [0.4, 0.5) is 4.79 Å². The van der Waals surface area contributed by atoms with Crippen molar-refractivity contribution in [1.82, 2.24) is 25.4 Å². The number of nitrogens with one attached hydrogen (secondary N) is 2. The highest BCUT2D eigenvalue weighted by Crippen LogP contribution is 2.19. The van der Waals surface area contributed by atoms with Crippen molar-refractivity contribution in [3.63, 3.8) is 0 Å². The SMILES string of the molecule is CC(C)Oc1ccccc1CNC(=O)NCc1cccc(Cn2cncn2)c1. The Morgan fingerprint density at radius 1 is 1.07 bits per heavy atom. The summed E-state index contributed by atoms with van der Waals surface area (Å²) in [5, 5.41) is 9.88. The molecule has 0 spiro atoms. The predicted octanol–water partition coefficient (Wildman–Crippen LogP) is 3.11. The molecular formula is C21H25N5O2. The minimum absolute atomic E-state index is 0.0831. The molecule has 0 aliphatic rings. The number of amides is 2. The van der Waals surface area contributed by atoms with Gasteiger partial charge in [0.15, 0.2) is 0 Å². The molecule has 7 nitrogen and oxygen atoms in total. The predicted molar refractivity (Wildman–Crippen MR) is 107 cm³/mol. The van der Waals surface area contributed by atoms with Crippen LogP contribution >= 0.6 is 0 Å². The molecule has 28 heavy (non-hydrogen) atoms. The summed E-state index contributed by atoms with van der Waals surface area (Å²) in [7, 11) is 0. The number of para-hydroxylation sites is 1. The quantitative estimate of drug-likeness (QED) is 0.630. The van der Waals surface area contributed by atoms with Crippen LogP contribution in [-0.2, 0) is 19.6 Å². The van der Waals surface area contributed by atoms with Gasteiger partial charge < -0.3 is 15.4 Å². The van der Waals surface area contributed by atoms with E-state index in [1.165, 1.54) is 6.33 Å². The molecular weight excluding hydrogens is 354 g/mol. The number of hydrogen-bond acceptors (Lipinski definition) is 4. The maximum absolute atomic E-state index is 12.2. The monoisotopic (exact) mass is 379 g/mol. The summed E-state index contributed by atoms with van der Waals surface area (Å²) in [6, 6.07) is 15.5. The van der Waals surface area contributed by atoms with Gasteiger partial charge in [0.1, 0.15) is 18.4 Å². The zero-order valence-electron chi connectivity index (χ0n) is 16.1. The second-order valence-corrected chi connectivity index (χ2v) is 6.72. The molecule has 146 valence electrons. The van der Waals surface area contributed by atoms with E-state index < -0.39 is 0 Å². The third-order valence-corrected chi connectivity index (χ3v) is 4.03. The summed E-state index contributed by atoms with van der Waals surface area (Å²) in [4.78, 5) is 16.1. The Morgan fingerprint density at radius 3 is 2.64 bits per heavy atom. The van der Waals surface area contributed by atoms with Gasteiger partial charge in [-0.3, -0.25) is 0 Å². The Morgan fingerprint density at radius 2 is 1.86 bits per heavy atom. The van der Waals surface area contributed by atoms with Crippen molar-refractivity contribution in [2.24, 2.45) is 0 Å². The van der Waals surface area contributed by atoms with E-state index in [0.29, 0.717) is 19.6 Å². The highest BCUT2D eigenvalue weighted by molar-refractivity contribution is 5.73. The summed E-state index contributed by atoms with van der Waals surface area (Å²) in [5.41, 5.74) is 3.07. The number of nitrogens with zero attached hydrogens (tertiary/aromatic N) is 3. The number of carbonyl (C=O) groups is 1. The van der Waals surface area contributed by atoms with Crippen LogP contribution in [0.1, 0.15) is 30.5 Å². The molecule has 3 aromatic rings. The molecule has 0 aliphatic carbocycles. The van der Waals surface area contributed by atoms with Gasteiger partial charge in [-0.2, -0.15) is 5.10 Å². The average molecular weight is 379 g/mol. The fraction of sp³-hybridized carbons (Fsp3) is 0.286. The normalized spacial score (nSPS) is 10.7. The largest absolute Gasteiger partial charge is 0.491 e. The van der Waals surface area contributed by atoms with E-state index in [9.17, 15) is 4.79 Å². The average Bonchev–Trinajstić information content (AvgIpc) is 3.18. The molecule has 3 rings (SSSR count). The van der Waals surface area contributed by atoms with Gasteiger partial charge in [0.25, 0.3) is 0 Å². The molecule has 1 heterocycles. The molecule has 0 saturated carbocycles. The molecule has 2 amide bonds. The maximum Gasteiger partial charge on any atom is 0.315 e. The first kappa shape index (κ1) is 19.4. The van der Waals surface area contributed by atoms with E-state index in [4.69, 9.17) is 4.74 Å². The molecule has 0 bridgehead atoms. The lowest BCUT2D eigenvalue weighted by atomic mass is 10.1. The molecule has 0 unspecified atom stereocenters. The van der Waals surface area contributed by atoms with Crippen molar-refractivity contribution in [2.75, 3.05) is 0 Å². The Kier molecular flexibility index (Phi) is 6.62. The highest BCUT2D eigenvalue weighted by Gasteiger charge is 2.07. The third-order valence-electron chi connectivity index (χ3n) is 4.03. The number of benzene rings is 2. The lowest BCUT2D eigenvalue weighted by Gasteiger charge is -2.15. The molecule has 0 saturated heterocycles. The number of hydrogen-bond donors (Lipinski definition) is 2. The summed E-state index contributed by atoms with van der Waals surface area (Å²) < 4.78 is 7.54. The number of carbonyl (C=O) groups excluding carboxylic acids is 1. The second-order valence-electron chi connectivity index (χ2n) is 6.72. The fourth-order valence-electron chi connectivity index (χ4n) is 2.78. The summed E-state index contributed by atoms with van der Waals surface area (Å²) >= 11 is 0. The Bertz CT molecular complexity index is 893. The van der Waals surface area contributed by atoms with Crippen molar-refractivity contribution < 1.29 is 9.53 Å². The van der Waals surface area contributed by atoms with Crippen LogP contribution in [0.15, 0.2) is 61.2 Å². The second kappa shape index (κ2) is 9.55. The van der Waals surface area contributed by atoms with Crippen LogP contribution in [-0.4, -0.2) is 26.9 Å². The van der Waals surface area contributed by atoms with Crippen molar-refractivity contribution in [2.45, 2.75) is 39.6 Å². The van der Waals surface area contributed by atoms with Gasteiger partial charge in [-0.25, -0.2) is 14.5 Å². The van der Waals surface area contributed by atoms with Gasteiger partial charge in [-0.15, -0.1) is 0 Å². The van der Waals surface area contributed by atoms with Crippen LogP contribution < -0.4 is 15.4 Å². The Balaban J connectivity index is 1.50. The van der Waals surface area contributed by atoms with Crippen LogP contribution in [0.5, 0.6) is 5.75 Å². The number of ether oxygens (including phenoxy) is 1. The van der Waals surface area contributed by atoms with Crippen LogP contribution in [0, 0.1) is 0 Å². The van der Waals surface area contributed by atoms with Gasteiger partial charge in [-0.1, -0.05) is 42.5 Å². The van der Waals surface area contributed by atoms with Gasteiger partial charge in [0.2, 0.25) is 0 Å². The topological polar surface area (TPSA) is 81.1 Å². The Labute approximate surface area is 164 Å². The number of urea groups is 1. The van der Waals surface area contributed by atoms with E-state index in [0.717, 1.165) is 22.4 Å². The van der Waals surface area contributed by atoms with Crippen LogP contribution in [0.2, 0.25) is 0 Å². The fourth-order valence-corrected chi connectivity index (χ4v) is 2.78. The highest BCUT2D eigenvalue weighted by atomic mass is 16.5. The minimum atomic E-state index is -0.221.